The summed E-state index contributed by atoms with van der Waals surface area (Å²) in [5.41, 5.74) is 0.916. The van der Waals surface area contributed by atoms with Gasteiger partial charge in [0.25, 0.3) is 0 Å². The number of thioether (sulfide) groups is 2. The van der Waals surface area contributed by atoms with Gasteiger partial charge in [0, 0.05) is 35.3 Å². The Labute approximate surface area is 115 Å². The molecule has 1 fully saturated rings. The second-order valence-corrected chi connectivity index (χ2v) is 6.57. The largest absolute Gasteiger partial charge is 0.305 e. The Kier molecular flexibility index (Phi) is 4.07. The molecule has 0 unspecified atom stereocenters. The summed E-state index contributed by atoms with van der Waals surface area (Å²) in [5.74, 6) is 5.94. The normalized spacial score (nSPS) is 18.0. The molecule has 3 rings (SSSR count). The first kappa shape index (κ1) is 12.3. The van der Waals surface area contributed by atoms with Gasteiger partial charge in [0.2, 0.25) is 0 Å². The van der Waals surface area contributed by atoms with Gasteiger partial charge in [-0.15, -0.1) is 10.2 Å². The summed E-state index contributed by atoms with van der Waals surface area (Å²) >= 11 is 4.08. The van der Waals surface area contributed by atoms with E-state index in [4.69, 9.17) is 0 Å². The van der Waals surface area contributed by atoms with E-state index in [-0.39, 0.29) is 0 Å². The van der Waals surface area contributed by atoms with Crippen molar-refractivity contribution < 1.29 is 0 Å². The fraction of sp³-hybridized carbons (Fsp3) is 0.500. The van der Waals surface area contributed by atoms with Crippen LogP contribution in [-0.2, 0) is 6.54 Å². The average molecular weight is 280 g/mol. The SMILES string of the molecule is c1ccn2c(CNC3CSCCSC3)nnc2c1. The highest BCUT2D eigenvalue weighted by atomic mass is 32.2. The van der Waals surface area contributed by atoms with Crippen molar-refractivity contribution in [2.75, 3.05) is 23.0 Å². The lowest BCUT2D eigenvalue weighted by Crippen LogP contribution is -2.33. The van der Waals surface area contributed by atoms with Gasteiger partial charge in [-0.1, -0.05) is 6.07 Å². The molecule has 6 heteroatoms. The van der Waals surface area contributed by atoms with E-state index in [0.717, 1.165) is 18.0 Å². The number of pyridine rings is 1. The molecule has 0 saturated carbocycles. The summed E-state index contributed by atoms with van der Waals surface area (Å²) < 4.78 is 2.05. The summed E-state index contributed by atoms with van der Waals surface area (Å²) in [4.78, 5) is 0. The van der Waals surface area contributed by atoms with Crippen molar-refractivity contribution in [3.63, 3.8) is 0 Å². The maximum absolute atomic E-state index is 4.24. The maximum Gasteiger partial charge on any atom is 0.160 e. The van der Waals surface area contributed by atoms with Crippen LogP contribution in [0.3, 0.4) is 0 Å². The molecule has 0 aliphatic carbocycles. The Morgan fingerprint density at radius 3 is 2.89 bits per heavy atom. The van der Waals surface area contributed by atoms with Crippen molar-refractivity contribution in [3.05, 3.63) is 30.2 Å². The molecular formula is C12H16N4S2. The first-order valence-corrected chi connectivity index (χ1v) is 8.42. The minimum Gasteiger partial charge on any atom is -0.305 e. The Hall–Kier alpha value is -0.720. The van der Waals surface area contributed by atoms with Crippen LogP contribution in [-0.4, -0.2) is 43.7 Å². The zero-order chi connectivity index (χ0) is 12.2. The van der Waals surface area contributed by atoms with E-state index in [2.05, 4.69) is 15.5 Å². The van der Waals surface area contributed by atoms with Gasteiger partial charge in [-0.05, 0) is 12.1 Å². The number of hydrogen-bond acceptors (Lipinski definition) is 5. The first-order valence-electron chi connectivity index (χ1n) is 6.11. The van der Waals surface area contributed by atoms with E-state index in [9.17, 15) is 0 Å². The highest BCUT2D eigenvalue weighted by Gasteiger charge is 2.13. The molecule has 0 radical (unpaired) electrons. The predicted octanol–water partition coefficient (Wildman–Crippen LogP) is 1.67. The fourth-order valence-corrected chi connectivity index (χ4v) is 4.45. The van der Waals surface area contributed by atoms with Gasteiger partial charge in [-0.3, -0.25) is 4.40 Å². The van der Waals surface area contributed by atoms with Crippen LogP contribution in [0.5, 0.6) is 0 Å². The minimum absolute atomic E-state index is 0.582. The molecule has 2 aromatic rings. The third kappa shape index (κ3) is 2.81. The average Bonchev–Trinajstić information content (AvgIpc) is 2.64. The van der Waals surface area contributed by atoms with Crippen molar-refractivity contribution in [3.8, 4) is 0 Å². The van der Waals surface area contributed by atoms with Gasteiger partial charge in [-0.2, -0.15) is 23.5 Å². The Bertz CT molecular complexity index is 506. The van der Waals surface area contributed by atoms with Gasteiger partial charge in [0.1, 0.15) is 0 Å². The van der Waals surface area contributed by atoms with Crippen LogP contribution in [0.4, 0.5) is 0 Å². The molecule has 1 saturated heterocycles. The van der Waals surface area contributed by atoms with Crippen LogP contribution in [0.15, 0.2) is 24.4 Å². The summed E-state index contributed by atoms with van der Waals surface area (Å²) in [6.07, 6.45) is 2.02. The molecule has 4 nitrogen and oxygen atoms in total. The monoisotopic (exact) mass is 280 g/mol. The van der Waals surface area contributed by atoms with Gasteiger partial charge in [0.15, 0.2) is 11.5 Å². The summed E-state index contributed by atoms with van der Waals surface area (Å²) in [7, 11) is 0. The fourth-order valence-electron chi connectivity index (χ4n) is 1.98. The molecule has 1 aliphatic rings. The maximum atomic E-state index is 4.24. The van der Waals surface area contributed by atoms with Crippen molar-refractivity contribution in [2.45, 2.75) is 12.6 Å². The van der Waals surface area contributed by atoms with Crippen LogP contribution in [0.1, 0.15) is 5.82 Å². The topological polar surface area (TPSA) is 42.2 Å². The second-order valence-electron chi connectivity index (χ2n) is 4.27. The summed E-state index contributed by atoms with van der Waals surface area (Å²) in [6.45, 7) is 0.789. The van der Waals surface area contributed by atoms with Crippen LogP contribution < -0.4 is 5.32 Å². The van der Waals surface area contributed by atoms with Gasteiger partial charge < -0.3 is 5.32 Å². The number of hydrogen-bond donors (Lipinski definition) is 1. The summed E-state index contributed by atoms with van der Waals surface area (Å²) in [5, 5.41) is 12.0. The third-order valence-electron chi connectivity index (χ3n) is 2.94. The highest BCUT2D eigenvalue weighted by molar-refractivity contribution is 8.03. The Morgan fingerprint density at radius 2 is 2.06 bits per heavy atom. The van der Waals surface area contributed by atoms with E-state index < -0.39 is 0 Å². The minimum atomic E-state index is 0.582. The van der Waals surface area contributed by atoms with Crippen molar-refractivity contribution in [2.24, 2.45) is 0 Å². The predicted molar refractivity (Wildman–Crippen MR) is 78.3 cm³/mol. The molecule has 0 bridgehead atoms. The quantitative estimate of drug-likeness (QED) is 0.926. The van der Waals surface area contributed by atoms with E-state index in [1.807, 2.05) is 52.3 Å². The lowest BCUT2D eigenvalue weighted by atomic mass is 10.4. The number of nitrogens with zero attached hydrogens (tertiary/aromatic N) is 3. The molecule has 1 N–H and O–H groups in total. The lowest BCUT2D eigenvalue weighted by molar-refractivity contribution is 0.582. The molecule has 96 valence electrons. The van der Waals surface area contributed by atoms with Gasteiger partial charge >= 0.3 is 0 Å². The van der Waals surface area contributed by atoms with Crippen LogP contribution >= 0.6 is 23.5 Å². The van der Waals surface area contributed by atoms with Crippen LogP contribution in [0, 0.1) is 0 Å². The molecule has 0 atom stereocenters. The van der Waals surface area contributed by atoms with Gasteiger partial charge in [-0.25, -0.2) is 0 Å². The molecule has 0 amide bonds. The van der Waals surface area contributed by atoms with Crippen molar-refractivity contribution >= 4 is 29.2 Å². The Morgan fingerprint density at radius 1 is 1.22 bits per heavy atom. The Balaban J connectivity index is 1.65. The first-order chi connectivity index (χ1) is 8.93. The number of aromatic nitrogens is 3. The van der Waals surface area contributed by atoms with Crippen molar-refractivity contribution in [1.29, 1.82) is 0 Å². The van der Waals surface area contributed by atoms with E-state index in [1.165, 1.54) is 23.0 Å². The standard InChI is InChI=1S/C12H16N4S2/c1-2-4-16-11(3-1)14-15-12(16)7-13-10-8-17-5-6-18-9-10/h1-4,10,13H,5-9H2. The molecule has 3 heterocycles. The van der Waals surface area contributed by atoms with Crippen LogP contribution in [0.2, 0.25) is 0 Å². The van der Waals surface area contributed by atoms with E-state index in [0.29, 0.717) is 6.04 Å². The highest BCUT2D eigenvalue weighted by Crippen LogP contribution is 2.16. The molecule has 18 heavy (non-hydrogen) atoms. The van der Waals surface area contributed by atoms with Crippen LogP contribution in [0.25, 0.3) is 5.65 Å². The number of rotatable bonds is 3. The molecule has 0 aromatic carbocycles. The number of nitrogens with one attached hydrogen (secondary N) is 1. The van der Waals surface area contributed by atoms with Gasteiger partial charge in [0.05, 0.1) is 6.54 Å². The van der Waals surface area contributed by atoms with E-state index in [1.54, 1.807) is 0 Å². The zero-order valence-corrected chi connectivity index (χ0v) is 11.7. The second kappa shape index (κ2) is 5.95. The smallest absolute Gasteiger partial charge is 0.160 e. The molecule has 0 spiro atoms. The lowest BCUT2D eigenvalue weighted by Gasteiger charge is -2.14. The van der Waals surface area contributed by atoms with Crippen molar-refractivity contribution in [1.82, 2.24) is 19.9 Å². The molecule has 2 aromatic heterocycles. The third-order valence-corrected chi connectivity index (χ3v) is 5.46. The van der Waals surface area contributed by atoms with E-state index >= 15 is 0 Å². The summed E-state index contributed by atoms with van der Waals surface area (Å²) in [6, 6.07) is 6.56. The zero-order valence-electron chi connectivity index (χ0n) is 10.1. The number of fused-ring (bicyclic) bond motifs is 1. The molecular weight excluding hydrogens is 264 g/mol. The molecule has 1 aliphatic heterocycles.